The quantitative estimate of drug-likeness (QED) is 0.0475. The van der Waals surface area contributed by atoms with Gasteiger partial charge in [0, 0.05) is 6.42 Å². The van der Waals surface area contributed by atoms with Crippen LogP contribution in [0.5, 0.6) is 0 Å². The van der Waals surface area contributed by atoms with Crippen molar-refractivity contribution in [3.63, 3.8) is 0 Å². The first kappa shape index (κ1) is 36.3. The van der Waals surface area contributed by atoms with Crippen LogP contribution in [0, 0.1) is 0 Å². The van der Waals surface area contributed by atoms with Gasteiger partial charge in [0.2, 0.25) is 5.91 Å². The molecule has 0 aliphatic rings. The maximum Gasteiger partial charge on any atom is 0.469 e. The summed E-state index contributed by atoms with van der Waals surface area (Å²) in [5.74, 6) is -0.232. The van der Waals surface area contributed by atoms with Gasteiger partial charge in [-0.05, 0) is 19.3 Å². The van der Waals surface area contributed by atoms with Crippen LogP contribution in [-0.2, 0) is 13.9 Å². The van der Waals surface area contributed by atoms with Crippen LogP contribution < -0.4 is 5.32 Å². The molecule has 0 heterocycles. The standard InChI is InChI=1S/C29H58NO6P/c1-3-5-7-9-11-13-14-15-17-18-20-22-24-28(31)27(26-36-37(33,34)35)30-29(32)25-23-21-19-16-12-10-8-6-4-2/h22,24,27-28,31H,3-21,23,25-26H2,1-2H3,(H,30,32)(H2,33,34,35)/b24-22+/t27-,28+/m0/s1. The molecule has 0 aromatic heterocycles. The first-order chi connectivity index (χ1) is 17.8. The van der Waals surface area contributed by atoms with E-state index in [9.17, 15) is 14.5 Å². The Morgan fingerprint density at radius 2 is 1.19 bits per heavy atom. The molecule has 0 radical (unpaired) electrons. The van der Waals surface area contributed by atoms with Gasteiger partial charge >= 0.3 is 7.82 Å². The van der Waals surface area contributed by atoms with E-state index in [0.717, 1.165) is 38.5 Å². The van der Waals surface area contributed by atoms with Gasteiger partial charge in [-0.15, -0.1) is 0 Å². The minimum absolute atomic E-state index is 0.232. The van der Waals surface area contributed by atoms with Gasteiger partial charge in [-0.25, -0.2) is 4.57 Å². The summed E-state index contributed by atoms with van der Waals surface area (Å²) in [5.41, 5.74) is 0. The van der Waals surface area contributed by atoms with Crippen molar-refractivity contribution in [3.8, 4) is 0 Å². The summed E-state index contributed by atoms with van der Waals surface area (Å²) >= 11 is 0. The van der Waals surface area contributed by atoms with Crippen LogP contribution in [0.3, 0.4) is 0 Å². The number of unbranched alkanes of at least 4 members (excludes halogenated alkanes) is 18. The molecule has 0 unspecified atom stereocenters. The Hall–Kier alpha value is -0.720. The summed E-state index contributed by atoms with van der Waals surface area (Å²) in [6.07, 6.45) is 26.6. The smallest absolute Gasteiger partial charge is 0.387 e. The van der Waals surface area contributed by atoms with Gasteiger partial charge < -0.3 is 20.2 Å². The highest BCUT2D eigenvalue weighted by Gasteiger charge is 2.24. The minimum atomic E-state index is -4.69. The topological polar surface area (TPSA) is 116 Å². The molecule has 7 nitrogen and oxygen atoms in total. The van der Waals surface area contributed by atoms with Gasteiger partial charge in [0.15, 0.2) is 0 Å². The third kappa shape index (κ3) is 26.7. The lowest BCUT2D eigenvalue weighted by atomic mass is 10.1. The van der Waals surface area contributed by atoms with Crippen LogP contribution >= 0.6 is 7.82 Å². The molecule has 4 N–H and O–H groups in total. The second-order valence-corrected chi connectivity index (χ2v) is 11.7. The summed E-state index contributed by atoms with van der Waals surface area (Å²) in [5, 5.41) is 13.2. The Morgan fingerprint density at radius 3 is 1.65 bits per heavy atom. The highest BCUT2D eigenvalue weighted by atomic mass is 31.2. The molecule has 0 fully saturated rings. The summed E-state index contributed by atoms with van der Waals surface area (Å²) < 4.78 is 15.7. The first-order valence-electron chi connectivity index (χ1n) is 15.1. The SMILES string of the molecule is CCCCCCCCCCCC/C=C/[C@@H](O)[C@H](COP(=O)(O)O)NC(=O)CCCCCCCCCCC. The highest BCUT2D eigenvalue weighted by molar-refractivity contribution is 7.46. The van der Waals surface area contributed by atoms with Crippen molar-refractivity contribution in [2.75, 3.05) is 6.61 Å². The minimum Gasteiger partial charge on any atom is -0.387 e. The van der Waals surface area contributed by atoms with E-state index in [0.29, 0.717) is 6.42 Å². The van der Waals surface area contributed by atoms with Crippen molar-refractivity contribution in [2.24, 2.45) is 0 Å². The molecular formula is C29H58NO6P. The fourth-order valence-electron chi connectivity index (χ4n) is 4.40. The Bertz CT molecular complexity index is 595. The van der Waals surface area contributed by atoms with E-state index >= 15 is 0 Å². The molecular weight excluding hydrogens is 489 g/mol. The number of hydrogen-bond donors (Lipinski definition) is 4. The number of phosphoric acid groups is 1. The molecule has 0 saturated carbocycles. The average molecular weight is 548 g/mol. The number of amides is 1. The van der Waals surface area contributed by atoms with Crippen LogP contribution in [0.4, 0.5) is 0 Å². The zero-order valence-corrected chi connectivity index (χ0v) is 24.8. The third-order valence-corrected chi connectivity index (χ3v) is 7.23. The van der Waals surface area contributed by atoms with E-state index in [2.05, 4.69) is 23.7 Å². The highest BCUT2D eigenvalue weighted by Crippen LogP contribution is 2.35. The number of nitrogens with one attached hydrogen (secondary N) is 1. The second kappa shape index (κ2) is 25.6. The lowest BCUT2D eigenvalue weighted by Crippen LogP contribution is -2.45. The zero-order valence-electron chi connectivity index (χ0n) is 23.9. The first-order valence-corrected chi connectivity index (χ1v) is 16.7. The predicted molar refractivity (Wildman–Crippen MR) is 153 cm³/mol. The Labute approximate surface area is 227 Å². The van der Waals surface area contributed by atoms with Crippen molar-refractivity contribution in [3.05, 3.63) is 12.2 Å². The normalized spacial score (nSPS) is 13.8. The van der Waals surface area contributed by atoms with Gasteiger partial charge in [-0.3, -0.25) is 9.32 Å². The summed E-state index contributed by atoms with van der Waals surface area (Å²) in [4.78, 5) is 30.4. The van der Waals surface area contributed by atoms with Crippen LogP contribution in [-0.4, -0.2) is 39.6 Å². The van der Waals surface area contributed by atoms with E-state index < -0.39 is 26.6 Å². The van der Waals surface area contributed by atoms with E-state index in [1.54, 1.807) is 6.08 Å². The van der Waals surface area contributed by atoms with Gasteiger partial charge in [0.25, 0.3) is 0 Å². The van der Waals surface area contributed by atoms with E-state index in [4.69, 9.17) is 9.79 Å². The van der Waals surface area contributed by atoms with E-state index in [1.807, 2.05) is 6.08 Å². The van der Waals surface area contributed by atoms with Gasteiger partial charge in [-0.2, -0.15) is 0 Å². The zero-order chi connectivity index (χ0) is 27.6. The Morgan fingerprint density at radius 1 is 0.757 bits per heavy atom. The van der Waals surface area contributed by atoms with Crippen LogP contribution in [0.1, 0.15) is 149 Å². The van der Waals surface area contributed by atoms with Crippen LogP contribution in [0.2, 0.25) is 0 Å². The number of hydrogen-bond acceptors (Lipinski definition) is 4. The molecule has 0 spiro atoms. The van der Waals surface area contributed by atoms with Gasteiger partial charge in [0.05, 0.1) is 18.8 Å². The fourth-order valence-corrected chi connectivity index (χ4v) is 4.75. The van der Waals surface area contributed by atoms with Crippen molar-refractivity contribution < 1.29 is 28.8 Å². The number of allylic oxidation sites excluding steroid dienone is 1. The molecule has 0 aromatic carbocycles. The van der Waals surface area contributed by atoms with Gasteiger partial charge in [0.1, 0.15) is 0 Å². The molecule has 0 aromatic rings. The Balaban J connectivity index is 4.18. The predicted octanol–water partition coefficient (Wildman–Crippen LogP) is 7.73. The van der Waals surface area contributed by atoms with Crippen LogP contribution in [0.25, 0.3) is 0 Å². The summed E-state index contributed by atoms with van der Waals surface area (Å²) in [6.45, 7) is 4.00. The largest absolute Gasteiger partial charge is 0.469 e. The molecule has 37 heavy (non-hydrogen) atoms. The average Bonchev–Trinajstić information content (AvgIpc) is 2.85. The van der Waals surface area contributed by atoms with Crippen molar-refractivity contribution in [1.82, 2.24) is 5.32 Å². The van der Waals surface area contributed by atoms with Crippen LogP contribution in [0.15, 0.2) is 12.2 Å². The lowest BCUT2D eigenvalue weighted by Gasteiger charge is -2.22. The summed E-state index contributed by atoms with van der Waals surface area (Å²) in [6, 6.07) is -0.900. The number of carbonyl (C=O) groups is 1. The molecule has 8 heteroatoms. The number of aliphatic hydroxyl groups excluding tert-OH is 1. The molecule has 2 atom stereocenters. The molecule has 0 bridgehead atoms. The summed E-state index contributed by atoms with van der Waals surface area (Å²) in [7, 11) is -4.69. The molecule has 0 saturated heterocycles. The fraction of sp³-hybridized carbons (Fsp3) is 0.897. The molecule has 0 aliphatic heterocycles. The Kier molecular flexibility index (Phi) is 25.1. The maximum atomic E-state index is 12.4. The third-order valence-electron chi connectivity index (χ3n) is 6.75. The molecule has 0 rings (SSSR count). The van der Waals surface area contributed by atoms with Crippen molar-refractivity contribution in [1.29, 1.82) is 0 Å². The maximum absolute atomic E-state index is 12.4. The van der Waals surface area contributed by atoms with Crippen molar-refractivity contribution in [2.45, 2.75) is 161 Å². The monoisotopic (exact) mass is 547 g/mol. The van der Waals surface area contributed by atoms with E-state index in [-0.39, 0.29) is 5.91 Å². The number of aliphatic hydroxyl groups is 1. The lowest BCUT2D eigenvalue weighted by molar-refractivity contribution is -0.123. The number of phosphoric ester groups is 1. The molecule has 220 valence electrons. The van der Waals surface area contributed by atoms with E-state index in [1.165, 1.54) is 89.9 Å². The second-order valence-electron chi connectivity index (χ2n) is 10.4. The molecule has 0 aliphatic carbocycles. The number of carbonyl (C=O) groups excluding carboxylic acids is 1. The molecule has 1 amide bonds. The van der Waals surface area contributed by atoms with Gasteiger partial charge in [-0.1, -0.05) is 135 Å². The number of rotatable bonds is 27. The van der Waals surface area contributed by atoms with Crippen molar-refractivity contribution >= 4 is 13.7 Å².